The van der Waals surface area contributed by atoms with Crippen molar-refractivity contribution in [2.75, 3.05) is 0 Å². The van der Waals surface area contributed by atoms with Crippen LogP contribution in [0, 0.1) is 0 Å². The molecule has 9 aromatic rings. The molecule has 0 aliphatic heterocycles. The summed E-state index contributed by atoms with van der Waals surface area (Å²) in [5.41, 5.74) is 7.48. The molecule has 6 heteroatoms. The van der Waals surface area contributed by atoms with Gasteiger partial charge in [0, 0.05) is 48.0 Å². The van der Waals surface area contributed by atoms with Crippen LogP contribution in [0.15, 0.2) is 146 Å². The number of rotatable bonds is 5. The Morgan fingerprint density at radius 1 is 0.370 bits per heavy atom. The van der Waals surface area contributed by atoms with Gasteiger partial charge in [-0.2, -0.15) is 0 Å². The number of benzene rings is 6. The van der Waals surface area contributed by atoms with E-state index in [9.17, 15) is 0 Å². The average molecular weight is 625 g/mol. The lowest BCUT2D eigenvalue weighted by atomic mass is 10.0. The lowest BCUT2D eigenvalue weighted by Crippen LogP contribution is -1.99. The van der Waals surface area contributed by atoms with Crippen molar-refractivity contribution in [3.63, 3.8) is 0 Å². The highest BCUT2D eigenvalue weighted by Crippen LogP contribution is 2.41. The van der Waals surface area contributed by atoms with Crippen LogP contribution in [0.4, 0.5) is 0 Å². The van der Waals surface area contributed by atoms with Gasteiger partial charge in [-0.25, -0.2) is 19.9 Å². The second kappa shape index (κ2) is 11.1. The molecule has 0 N–H and O–H groups in total. The molecule has 6 aromatic carbocycles. The van der Waals surface area contributed by atoms with Crippen LogP contribution in [-0.2, 0) is 0 Å². The summed E-state index contributed by atoms with van der Waals surface area (Å²) in [5, 5.41) is 3.52. The number of nitrogens with zero attached hydrogens (tertiary/aromatic N) is 4. The van der Waals surface area contributed by atoms with Crippen molar-refractivity contribution < 1.29 is 0 Å². The molecule has 0 saturated carbocycles. The molecule has 0 unspecified atom stereocenters. The Balaban J connectivity index is 1.15. The van der Waals surface area contributed by atoms with Crippen molar-refractivity contribution in [3.8, 4) is 55.9 Å². The number of thiazole rings is 1. The number of aromatic nitrogens is 4. The quantitative estimate of drug-likeness (QED) is 0.191. The van der Waals surface area contributed by atoms with Crippen molar-refractivity contribution in [1.29, 1.82) is 0 Å². The second-order valence-electron chi connectivity index (χ2n) is 11.1. The molecule has 0 saturated heterocycles. The zero-order valence-corrected chi connectivity index (χ0v) is 26.1. The summed E-state index contributed by atoms with van der Waals surface area (Å²) < 4.78 is 3.67. The van der Waals surface area contributed by atoms with Crippen molar-refractivity contribution in [2.24, 2.45) is 0 Å². The Hall–Kier alpha value is -5.56. The molecule has 3 aromatic heterocycles. The lowest BCUT2D eigenvalue weighted by Gasteiger charge is -2.08. The van der Waals surface area contributed by atoms with E-state index in [-0.39, 0.29) is 0 Å². The molecule has 46 heavy (non-hydrogen) atoms. The van der Waals surface area contributed by atoms with Crippen LogP contribution in [0.3, 0.4) is 0 Å². The van der Waals surface area contributed by atoms with Crippen LogP contribution in [-0.4, -0.2) is 19.9 Å². The summed E-state index contributed by atoms with van der Waals surface area (Å²) in [5.74, 6) is 2.00. The lowest BCUT2D eigenvalue weighted by molar-refractivity contribution is 1.07. The summed E-state index contributed by atoms with van der Waals surface area (Å²) in [7, 11) is 0. The minimum absolute atomic E-state index is 0.665. The van der Waals surface area contributed by atoms with Crippen LogP contribution in [0.25, 0.3) is 86.3 Å². The number of fused-ring (bicyclic) bond motifs is 4. The van der Waals surface area contributed by atoms with Gasteiger partial charge in [-0.1, -0.05) is 121 Å². The minimum atomic E-state index is 0.665. The maximum absolute atomic E-state index is 4.97. The fourth-order valence-electron chi connectivity index (χ4n) is 5.90. The molecule has 4 nitrogen and oxygen atoms in total. The van der Waals surface area contributed by atoms with Crippen LogP contribution >= 0.6 is 22.7 Å². The molecule has 0 atom stereocenters. The van der Waals surface area contributed by atoms with Gasteiger partial charge >= 0.3 is 0 Å². The Bertz CT molecular complexity index is 2460. The van der Waals surface area contributed by atoms with Crippen molar-refractivity contribution in [3.05, 3.63) is 146 Å². The molecule has 0 spiro atoms. The summed E-state index contributed by atoms with van der Waals surface area (Å²) >= 11 is 3.55. The molecule has 0 fully saturated rings. The van der Waals surface area contributed by atoms with Crippen molar-refractivity contribution >= 4 is 53.1 Å². The fraction of sp³-hybridized carbons (Fsp3) is 0. The number of hydrogen-bond acceptors (Lipinski definition) is 6. The maximum atomic E-state index is 4.97. The topological polar surface area (TPSA) is 51.6 Å². The summed E-state index contributed by atoms with van der Waals surface area (Å²) in [6, 6.07) is 50.4. The molecule has 9 rings (SSSR count). The van der Waals surface area contributed by atoms with Gasteiger partial charge in [0.05, 0.1) is 10.2 Å². The van der Waals surface area contributed by atoms with Crippen LogP contribution in [0.2, 0.25) is 0 Å². The van der Waals surface area contributed by atoms with Gasteiger partial charge in [-0.05, 0) is 29.8 Å². The zero-order chi connectivity index (χ0) is 30.5. The van der Waals surface area contributed by atoms with E-state index in [0.29, 0.717) is 17.5 Å². The SMILES string of the molecule is c1ccc(-c2nc(-c3ccccc3)nc(-c3ccc4c(c3)sc3ccc(-c5cccc6nc(-c7ccccc7)sc56)cc34)n2)cc1. The van der Waals surface area contributed by atoms with Crippen molar-refractivity contribution in [1.82, 2.24) is 19.9 Å². The zero-order valence-electron chi connectivity index (χ0n) is 24.5. The highest BCUT2D eigenvalue weighted by atomic mass is 32.1. The van der Waals surface area contributed by atoms with Gasteiger partial charge in [0.1, 0.15) is 5.01 Å². The largest absolute Gasteiger partial charge is 0.236 e. The van der Waals surface area contributed by atoms with Gasteiger partial charge < -0.3 is 0 Å². The molecule has 0 radical (unpaired) electrons. The van der Waals surface area contributed by atoms with Gasteiger partial charge in [-0.3, -0.25) is 0 Å². The average Bonchev–Trinajstić information content (AvgIpc) is 3.74. The molecule has 0 aliphatic carbocycles. The van der Waals surface area contributed by atoms with E-state index in [2.05, 4.69) is 78.9 Å². The first-order chi connectivity index (χ1) is 22.8. The monoisotopic (exact) mass is 624 g/mol. The molecule has 0 aliphatic rings. The molecule has 3 heterocycles. The molecule has 0 bridgehead atoms. The Morgan fingerprint density at radius 2 is 0.978 bits per heavy atom. The van der Waals surface area contributed by atoms with Gasteiger partial charge in [-0.15, -0.1) is 22.7 Å². The van der Waals surface area contributed by atoms with E-state index in [4.69, 9.17) is 19.9 Å². The third-order valence-corrected chi connectivity index (χ3v) is 10.5. The smallest absolute Gasteiger partial charge is 0.164 e. The molecule has 0 amide bonds. The van der Waals surface area contributed by atoms with Gasteiger partial charge in [0.15, 0.2) is 17.5 Å². The van der Waals surface area contributed by atoms with Crippen LogP contribution < -0.4 is 0 Å². The normalized spacial score (nSPS) is 11.5. The summed E-state index contributed by atoms with van der Waals surface area (Å²) in [4.78, 5) is 19.7. The first-order valence-electron chi connectivity index (χ1n) is 15.1. The predicted octanol–water partition coefficient (Wildman–Crippen LogP) is 11.2. The Kier molecular flexibility index (Phi) is 6.47. The summed E-state index contributed by atoms with van der Waals surface area (Å²) in [6.45, 7) is 0. The number of thiophene rings is 1. The third kappa shape index (κ3) is 4.76. The van der Waals surface area contributed by atoms with E-state index < -0.39 is 0 Å². The van der Waals surface area contributed by atoms with E-state index in [1.807, 2.05) is 66.7 Å². The van der Waals surface area contributed by atoms with Gasteiger partial charge in [0.2, 0.25) is 0 Å². The maximum Gasteiger partial charge on any atom is 0.164 e. The highest BCUT2D eigenvalue weighted by molar-refractivity contribution is 7.25. The first kappa shape index (κ1) is 26.8. The Labute approximate surface area is 273 Å². The predicted molar refractivity (Wildman–Crippen MR) is 193 cm³/mol. The molecular weight excluding hydrogens is 601 g/mol. The highest BCUT2D eigenvalue weighted by Gasteiger charge is 2.16. The standard InChI is InChI=1S/C40H24N4S2/c1-4-11-25(12-5-1)37-42-38(26-13-6-2-7-14-26)44-39(43-37)29-19-21-31-32-23-28(20-22-34(32)45-35(31)24-29)30-17-10-18-33-36(30)46-40(41-33)27-15-8-3-9-16-27/h1-24H. The second-order valence-corrected chi connectivity index (χ2v) is 13.2. The van der Waals surface area contributed by atoms with E-state index in [0.717, 1.165) is 32.8 Å². The van der Waals surface area contributed by atoms with E-state index in [1.54, 1.807) is 22.7 Å². The fourth-order valence-corrected chi connectivity index (χ4v) is 8.13. The van der Waals surface area contributed by atoms with E-state index >= 15 is 0 Å². The molecule has 216 valence electrons. The van der Waals surface area contributed by atoms with Crippen LogP contribution in [0.5, 0.6) is 0 Å². The third-order valence-electron chi connectivity index (χ3n) is 8.18. The van der Waals surface area contributed by atoms with Crippen LogP contribution in [0.1, 0.15) is 0 Å². The Morgan fingerprint density at radius 3 is 1.65 bits per heavy atom. The van der Waals surface area contributed by atoms with Gasteiger partial charge in [0.25, 0.3) is 0 Å². The van der Waals surface area contributed by atoms with E-state index in [1.165, 1.54) is 36.0 Å². The van der Waals surface area contributed by atoms with Crippen molar-refractivity contribution in [2.45, 2.75) is 0 Å². The molecular formula is C40H24N4S2. The summed E-state index contributed by atoms with van der Waals surface area (Å²) in [6.07, 6.45) is 0. The first-order valence-corrected chi connectivity index (χ1v) is 16.7. The number of hydrogen-bond donors (Lipinski definition) is 0. The minimum Gasteiger partial charge on any atom is -0.236 e.